The van der Waals surface area contributed by atoms with E-state index in [0.29, 0.717) is 13.0 Å². The van der Waals surface area contributed by atoms with Crippen molar-refractivity contribution in [3.05, 3.63) is 46.6 Å². The van der Waals surface area contributed by atoms with Crippen molar-refractivity contribution in [2.75, 3.05) is 6.61 Å². The molecule has 0 aliphatic heterocycles. The molecule has 0 radical (unpaired) electrons. The topological polar surface area (TPSA) is 43.4 Å². The van der Waals surface area contributed by atoms with Gasteiger partial charge < -0.3 is 4.74 Å². The van der Waals surface area contributed by atoms with Gasteiger partial charge in [-0.3, -0.25) is 9.59 Å². The van der Waals surface area contributed by atoms with Gasteiger partial charge in [0.25, 0.3) is 0 Å². The molecule has 0 aliphatic carbocycles. The molecule has 0 amide bonds. The summed E-state index contributed by atoms with van der Waals surface area (Å²) in [5, 5.41) is 0. The van der Waals surface area contributed by atoms with Crippen molar-refractivity contribution < 1.29 is 14.3 Å². The van der Waals surface area contributed by atoms with Crippen LogP contribution < -0.4 is 0 Å². The molecule has 0 rings (SSSR count). The van der Waals surface area contributed by atoms with Gasteiger partial charge >= 0.3 is 5.97 Å². The maximum absolute atomic E-state index is 12.2. The van der Waals surface area contributed by atoms with Crippen molar-refractivity contribution >= 4 is 11.8 Å². The van der Waals surface area contributed by atoms with Gasteiger partial charge in [0, 0.05) is 0 Å². The number of carbonyl (C=O) groups is 2. The number of ether oxygens (including phenoxy) is 1. The Labute approximate surface area is 185 Å². The van der Waals surface area contributed by atoms with Crippen LogP contribution in [0.4, 0.5) is 0 Å². The fourth-order valence-corrected chi connectivity index (χ4v) is 3.03. The number of allylic oxidation sites excluding steroid dienone is 8. The second kappa shape index (κ2) is 15.0. The molecular weight excluding hydrogens is 372 g/mol. The second-order valence-corrected chi connectivity index (χ2v) is 8.86. The van der Waals surface area contributed by atoms with E-state index in [2.05, 4.69) is 52.8 Å². The van der Waals surface area contributed by atoms with Crippen molar-refractivity contribution in [2.45, 2.75) is 100 Å². The first kappa shape index (κ1) is 28.1. The van der Waals surface area contributed by atoms with E-state index in [1.54, 1.807) is 13.8 Å². The second-order valence-electron chi connectivity index (χ2n) is 8.86. The highest BCUT2D eigenvalue weighted by molar-refractivity contribution is 6.02. The predicted molar refractivity (Wildman–Crippen MR) is 128 cm³/mol. The highest BCUT2D eigenvalue weighted by atomic mass is 16.5. The lowest BCUT2D eigenvalue weighted by Crippen LogP contribution is -2.36. The summed E-state index contributed by atoms with van der Waals surface area (Å²) < 4.78 is 5.09. The van der Waals surface area contributed by atoms with Crippen molar-refractivity contribution in [1.82, 2.24) is 0 Å². The fraction of sp³-hybridized carbons (Fsp3) is 0.630. The molecule has 0 aromatic heterocycles. The van der Waals surface area contributed by atoms with Gasteiger partial charge in [0.05, 0.1) is 6.61 Å². The summed E-state index contributed by atoms with van der Waals surface area (Å²) in [4.78, 5) is 24.2. The minimum atomic E-state index is -1.08. The van der Waals surface area contributed by atoms with Crippen LogP contribution in [-0.4, -0.2) is 18.4 Å². The molecule has 0 heterocycles. The molecule has 170 valence electrons. The third-order valence-corrected chi connectivity index (χ3v) is 5.52. The number of carbonyl (C=O) groups excluding carboxylic acids is 2. The van der Waals surface area contributed by atoms with Gasteiger partial charge in [0.1, 0.15) is 11.2 Å². The van der Waals surface area contributed by atoms with Crippen molar-refractivity contribution in [2.24, 2.45) is 5.41 Å². The maximum Gasteiger partial charge on any atom is 0.319 e. The molecule has 0 saturated carbocycles. The number of rotatable bonds is 14. The summed E-state index contributed by atoms with van der Waals surface area (Å²) in [6.45, 7) is 16.0. The number of hydrogen-bond acceptors (Lipinski definition) is 3. The average Bonchev–Trinajstić information content (AvgIpc) is 2.65. The molecule has 0 fully saturated rings. The first-order valence-electron chi connectivity index (χ1n) is 11.3. The van der Waals surface area contributed by atoms with Crippen molar-refractivity contribution in [1.29, 1.82) is 0 Å². The lowest BCUT2D eigenvalue weighted by atomic mass is 9.82. The fourth-order valence-electron chi connectivity index (χ4n) is 3.03. The number of hydrogen-bond donors (Lipinski definition) is 0. The van der Waals surface area contributed by atoms with Crippen LogP contribution in [0.5, 0.6) is 0 Å². The van der Waals surface area contributed by atoms with Gasteiger partial charge in [0.15, 0.2) is 0 Å². The van der Waals surface area contributed by atoms with E-state index in [0.717, 1.165) is 38.5 Å². The molecular formula is C27H44O3. The van der Waals surface area contributed by atoms with Crippen LogP contribution >= 0.6 is 0 Å². The van der Waals surface area contributed by atoms with Crippen molar-refractivity contribution in [3.8, 4) is 0 Å². The van der Waals surface area contributed by atoms with Gasteiger partial charge in [-0.1, -0.05) is 46.6 Å². The molecule has 3 nitrogen and oxygen atoms in total. The zero-order valence-electron chi connectivity index (χ0n) is 20.7. The van der Waals surface area contributed by atoms with E-state index in [-0.39, 0.29) is 5.78 Å². The SMILES string of the molecule is CCOC(=O)C(C)(C/C=C(\C)CC/C=C(\C)CC/C=C(\C)CCC=C(C)C)C(C)=O. The lowest BCUT2D eigenvalue weighted by Gasteiger charge is -2.23. The zero-order valence-corrected chi connectivity index (χ0v) is 20.7. The highest BCUT2D eigenvalue weighted by Crippen LogP contribution is 2.27. The molecule has 30 heavy (non-hydrogen) atoms. The summed E-state index contributed by atoms with van der Waals surface area (Å²) in [5.74, 6) is -0.577. The summed E-state index contributed by atoms with van der Waals surface area (Å²) in [6, 6.07) is 0. The van der Waals surface area contributed by atoms with E-state index >= 15 is 0 Å². The summed E-state index contributed by atoms with van der Waals surface area (Å²) in [7, 11) is 0. The van der Waals surface area contributed by atoms with Gasteiger partial charge in [-0.05, 0) is 100 Å². The average molecular weight is 417 g/mol. The third kappa shape index (κ3) is 11.9. The normalized spacial score (nSPS) is 14.9. The molecule has 3 heteroatoms. The van der Waals surface area contributed by atoms with Gasteiger partial charge in [-0.2, -0.15) is 0 Å². The molecule has 0 aromatic rings. The Morgan fingerprint density at radius 3 is 1.57 bits per heavy atom. The molecule has 0 spiro atoms. The first-order valence-corrected chi connectivity index (χ1v) is 11.3. The minimum absolute atomic E-state index is 0.148. The van der Waals surface area contributed by atoms with E-state index in [9.17, 15) is 9.59 Å². The van der Waals surface area contributed by atoms with Crippen LogP contribution in [0.1, 0.15) is 100 Å². The Morgan fingerprint density at radius 1 is 0.733 bits per heavy atom. The zero-order chi connectivity index (χ0) is 23.2. The van der Waals surface area contributed by atoms with Gasteiger partial charge in [0.2, 0.25) is 0 Å². The third-order valence-electron chi connectivity index (χ3n) is 5.52. The van der Waals surface area contributed by atoms with Crippen LogP contribution in [-0.2, 0) is 14.3 Å². The molecule has 0 aromatic carbocycles. The molecule has 1 atom stereocenters. The number of Topliss-reactive ketones (excluding diaryl/α,β-unsaturated/α-hetero) is 1. The standard InChI is InChI=1S/C27H44O3/c1-9-30-26(29)27(8,25(7)28)20-19-24(6)18-12-17-23(5)16-11-15-22(4)14-10-13-21(2)3/h13,15,17,19H,9-12,14,16,18,20H2,1-8H3/b22-15+,23-17+,24-19+. The summed E-state index contributed by atoms with van der Waals surface area (Å²) in [6.07, 6.45) is 15.7. The van der Waals surface area contributed by atoms with Crippen LogP contribution in [0, 0.1) is 5.41 Å². The minimum Gasteiger partial charge on any atom is -0.465 e. The number of esters is 1. The predicted octanol–water partition coefficient (Wildman–Crippen LogP) is 7.68. The Kier molecular flexibility index (Phi) is 14.0. The summed E-state index contributed by atoms with van der Waals surface area (Å²) >= 11 is 0. The van der Waals surface area contributed by atoms with Crippen LogP contribution in [0.2, 0.25) is 0 Å². The Bertz CT molecular complexity index is 672. The van der Waals surface area contributed by atoms with E-state index in [1.165, 1.54) is 29.2 Å². The van der Waals surface area contributed by atoms with Gasteiger partial charge in [-0.25, -0.2) is 0 Å². The Morgan fingerprint density at radius 2 is 1.17 bits per heavy atom. The monoisotopic (exact) mass is 416 g/mol. The molecule has 0 aliphatic rings. The maximum atomic E-state index is 12.2. The molecule has 1 unspecified atom stereocenters. The van der Waals surface area contributed by atoms with Crippen molar-refractivity contribution in [3.63, 3.8) is 0 Å². The van der Waals surface area contributed by atoms with Crippen LogP contribution in [0.25, 0.3) is 0 Å². The molecule has 0 saturated heterocycles. The molecule has 0 N–H and O–H groups in total. The molecule has 0 bridgehead atoms. The van der Waals surface area contributed by atoms with Gasteiger partial charge in [-0.15, -0.1) is 0 Å². The van der Waals surface area contributed by atoms with E-state index < -0.39 is 11.4 Å². The number of ketones is 1. The first-order chi connectivity index (χ1) is 14.0. The Hall–Kier alpha value is -1.90. The van der Waals surface area contributed by atoms with Crippen LogP contribution in [0.15, 0.2) is 46.6 Å². The van der Waals surface area contributed by atoms with E-state index in [1.807, 2.05) is 6.08 Å². The Balaban J connectivity index is 4.50. The lowest BCUT2D eigenvalue weighted by molar-refractivity contribution is -0.158. The summed E-state index contributed by atoms with van der Waals surface area (Å²) in [5.41, 5.74) is 4.38. The van der Waals surface area contributed by atoms with Crippen LogP contribution in [0.3, 0.4) is 0 Å². The highest BCUT2D eigenvalue weighted by Gasteiger charge is 2.38. The van der Waals surface area contributed by atoms with E-state index in [4.69, 9.17) is 4.74 Å². The largest absolute Gasteiger partial charge is 0.465 e. The smallest absolute Gasteiger partial charge is 0.319 e. The quantitative estimate of drug-likeness (QED) is 0.166.